The van der Waals surface area contributed by atoms with Crippen molar-refractivity contribution in [3.8, 4) is 0 Å². The molecule has 0 bridgehead atoms. The van der Waals surface area contributed by atoms with Gasteiger partial charge in [0, 0.05) is 4.90 Å². The summed E-state index contributed by atoms with van der Waals surface area (Å²) in [6.45, 7) is 1.99. The molecule has 12 heteroatoms. The van der Waals surface area contributed by atoms with E-state index in [0.717, 1.165) is 26.2 Å². The van der Waals surface area contributed by atoms with E-state index in [-0.39, 0.29) is 10.7 Å². The van der Waals surface area contributed by atoms with Crippen LogP contribution in [0.4, 0.5) is 18.9 Å². The maximum Gasteiger partial charge on any atom is 0.416 e. The summed E-state index contributed by atoms with van der Waals surface area (Å²) in [4.78, 5) is 4.78. The minimum Gasteiger partial charge on any atom is -0.280 e. The molecule has 0 unspecified atom stereocenters. The molecule has 0 saturated carbocycles. The van der Waals surface area contributed by atoms with Crippen LogP contribution in [-0.4, -0.2) is 13.4 Å². The Morgan fingerprint density at radius 2 is 1.76 bits per heavy atom. The van der Waals surface area contributed by atoms with Crippen LogP contribution in [0.3, 0.4) is 0 Å². The number of hydrogen-bond acceptors (Lipinski definition) is 5. The van der Waals surface area contributed by atoms with E-state index < -0.39 is 31.7 Å². The largest absolute Gasteiger partial charge is 0.416 e. The predicted molar refractivity (Wildman–Crippen MR) is 127 cm³/mol. The van der Waals surface area contributed by atoms with Crippen molar-refractivity contribution in [3.05, 3.63) is 75.8 Å². The quantitative estimate of drug-likeness (QED) is 0.275. The molecule has 3 aromatic carbocycles. The number of aromatic nitrogens is 1. The van der Waals surface area contributed by atoms with Crippen molar-refractivity contribution in [1.29, 1.82) is 0 Å². The minimum atomic E-state index is -4.64. The van der Waals surface area contributed by atoms with Crippen molar-refractivity contribution >= 4 is 72.2 Å². The highest BCUT2D eigenvalue weighted by molar-refractivity contribution is 8.01. The normalized spacial score (nSPS) is 12.3. The van der Waals surface area contributed by atoms with Gasteiger partial charge < -0.3 is 0 Å². The van der Waals surface area contributed by atoms with Crippen LogP contribution in [0.1, 0.15) is 11.1 Å². The first kappa shape index (κ1) is 24.2. The van der Waals surface area contributed by atoms with E-state index in [4.69, 9.17) is 23.2 Å². The Hall–Kier alpha value is -1.98. The lowest BCUT2D eigenvalue weighted by Gasteiger charge is -2.13. The van der Waals surface area contributed by atoms with Gasteiger partial charge in [-0.15, -0.1) is 11.3 Å². The van der Waals surface area contributed by atoms with Gasteiger partial charge in [-0.3, -0.25) is 4.72 Å². The molecule has 1 aromatic heterocycles. The Labute approximate surface area is 205 Å². The second kappa shape index (κ2) is 8.99. The fraction of sp³-hybridized carbons (Fsp3) is 0.0952. The number of hydrogen-bond donors (Lipinski definition) is 1. The van der Waals surface area contributed by atoms with Crippen LogP contribution in [-0.2, 0) is 16.2 Å². The highest BCUT2D eigenvalue weighted by Gasteiger charge is 2.32. The van der Waals surface area contributed by atoms with E-state index in [9.17, 15) is 21.6 Å². The number of fused-ring (bicyclic) bond motifs is 1. The SMILES string of the molecule is Cc1ccc2sc(Sc3ccc(NS(=O)(=O)c4ccc(C(F)(F)F)cc4Cl)cc3Cl)nc2c1. The van der Waals surface area contributed by atoms with E-state index in [1.54, 1.807) is 6.07 Å². The number of anilines is 1. The van der Waals surface area contributed by atoms with Gasteiger partial charge in [0.25, 0.3) is 10.0 Å². The summed E-state index contributed by atoms with van der Waals surface area (Å²) in [7, 11) is -4.24. The molecule has 0 aliphatic rings. The van der Waals surface area contributed by atoms with Crippen LogP contribution >= 0.6 is 46.3 Å². The molecule has 4 aromatic rings. The zero-order valence-electron chi connectivity index (χ0n) is 16.6. The molecule has 33 heavy (non-hydrogen) atoms. The average Bonchev–Trinajstić information content (AvgIpc) is 3.10. The van der Waals surface area contributed by atoms with E-state index in [2.05, 4.69) is 9.71 Å². The monoisotopic (exact) mass is 548 g/mol. The number of aryl methyl sites for hydroxylation is 1. The Kier molecular flexibility index (Phi) is 6.58. The van der Waals surface area contributed by atoms with Crippen LogP contribution in [0.15, 0.2) is 68.7 Å². The van der Waals surface area contributed by atoms with Crippen LogP contribution in [0, 0.1) is 6.92 Å². The molecule has 0 fully saturated rings. The van der Waals surface area contributed by atoms with Crippen LogP contribution < -0.4 is 4.72 Å². The summed E-state index contributed by atoms with van der Waals surface area (Å²) in [5.41, 5.74) is 1.09. The minimum absolute atomic E-state index is 0.139. The number of sulfonamides is 1. The first-order chi connectivity index (χ1) is 15.4. The first-order valence-electron chi connectivity index (χ1n) is 9.16. The highest BCUT2D eigenvalue weighted by atomic mass is 35.5. The number of nitrogens with zero attached hydrogens (tertiary/aromatic N) is 1. The van der Waals surface area contributed by atoms with Gasteiger partial charge in [0.2, 0.25) is 0 Å². The number of thiazole rings is 1. The third-order valence-electron chi connectivity index (χ3n) is 4.45. The lowest BCUT2D eigenvalue weighted by atomic mass is 10.2. The third kappa shape index (κ3) is 5.41. The van der Waals surface area contributed by atoms with Gasteiger partial charge in [0.1, 0.15) is 4.90 Å². The summed E-state index contributed by atoms with van der Waals surface area (Å²) < 4.78 is 67.9. The molecule has 0 aliphatic carbocycles. The topological polar surface area (TPSA) is 59.1 Å². The molecule has 0 aliphatic heterocycles. The number of rotatable bonds is 5. The second-order valence-corrected chi connectivity index (χ2v) is 11.7. The van der Waals surface area contributed by atoms with Crippen molar-refractivity contribution in [3.63, 3.8) is 0 Å². The molecule has 4 nitrogen and oxygen atoms in total. The molecule has 0 saturated heterocycles. The van der Waals surface area contributed by atoms with Crippen molar-refractivity contribution in [1.82, 2.24) is 4.98 Å². The summed E-state index contributed by atoms with van der Waals surface area (Å²) in [5, 5.41) is -0.254. The predicted octanol–water partition coefficient (Wildman–Crippen LogP) is 7.88. The Balaban J connectivity index is 1.55. The van der Waals surface area contributed by atoms with E-state index in [0.29, 0.717) is 17.0 Å². The van der Waals surface area contributed by atoms with Gasteiger partial charge in [-0.25, -0.2) is 13.4 Å². The molecular formula is C21H13Cl2F3N2O2S3. The van der Waals surface area contributed by atoms with Gasteiger partial charge in [0.15, 0.2) is 4.34 Å². The molecule has 4 rings (SSSR count). The van der Waals surface area contributed by atoms with E-state index >= 15 is 0 Å². The van der Waals surface area contributed by atoms with Gasteiger partial charge in [-0.1, -0.05) is 41.0 Å². The Bertz CT molecular complexity index is 1470. The molecular weight excluding hydrogens is 536 g/mol. The third-order valence-corrected chi connectivity index (χ3v) is 8.92. The number of benzene rings is 3. The Morgan fingerprint density at radius 1 is 1.00 bits per heavy atom. The standard InChI is InChI=1S/C21H13Cl2F3N2O2S3/c1-11-2-5-18-16(8-11)27-20(32-18)31-17-6-4-13(10-14(17)22)28-33(29,30)19-7-3-12(9-15(19)23)21(24,25)26/h2-10,28H,1H3. The van der Waals surface area contributed by atoms with Crippen molar-refractivity contribution in [2.45, 2.75) is 27.2 Å². The molecule has 172 valence electrons. The maximum atomic E-state index is 12.8. The van der Waals surface area contributed by atoms with Crippen LogP contribution in [0.2, 0.25) is 10.0 Å². The highest BCUT2D eigenvalue weighted by Crippen LogP contribution is 2.39. The zero-order chi connectivity index (χ0) is 24.0. The van der Waals surface area contributed by atoms with Crippen molar-refractivity contribution in [2.75, 3.05) is 4.72 Å². The molecule has 1 heterocycles. The summed E-state index contributed by atoms with van der Waals surface area (Å²) in [6.07, 6.45) is -4.64. The number of alkyl halides is 3. The fourth-order valence-electron chi connectivity index (χ4n) is 2.91. The molecule has 0 radical (unpaired) electrons. The number of nitrogens with one attached hydrogen (secondary N) is 1. The molecule has 0 amide bonds. The van der Waals surface area contributed by atoms with Gasteiger partial charge in [0.05, 0.1) is 31.5 Å². The zero-order valence-corrected chi connectivity index (χ0v) is 20.5. The summed E-state index contributed by atoms with van der Waals surface area (Å²) in [5.74, 6) is 0. The Morgan fingerprint density at radius 3 is 2.42 bits per heavy atom. The molecule has 0 atom stereocenters. The van der Waals surface area contributed by atoms with Crippen LogP contribution in [0.25, 0.3) is 10.2 Å². The maximum absolute atomic E-state index is 12.8. The summed E-state index contributed by atoms with van der Waals surface area (Å²) >= 11 is 15.0. The lowest BCUT2D eigenvalue weighted by molar-refractivity contribution is -0.137. The van der Waals surface area contributed by atoms with E-state index in [1.165, 1.54) is 35.2 Å². The number of halogens is 5. The lowest BCUT2D eigenvalue weighted by Crippen LogP contribution is -2.14. The van der Waals surface area contributed by atoms with Crippen molar-refractivity contribution < 1.29 is 21.6 Å². The van der Waals surface area contributed by atoms with Crippen LogP contribution in [0.5, 0.6) is 0 Å². The van der Waals surface area contributed by atoms with Gasteiger partial charge in [-0.2, -0.15) is 13.2 Å². The molecule has 0 spiro atoms. The summed E-state index contributed by atoms with van der Waals surface area (Å²) in [6, 6.07) is 12.6. The first-order valence-corrected chi connectivity index (χ1v) is 13.0. The second-order valence-electron chi connectivity index (χ2n) is 6.95. The van der Waals surface area contributed by atoms with E-state index in [1.807, 2.05) is 25.1 Å². The smallest absolute Gasteiger partial charge is 0.280 e. The van der Waals surface area contributed by atoms with Gasteiger partial charge >= 0.3 is 6.18 Å². The van der Waals surface area contributed by atoms with Crippen molar-refractivity contribution in [2.24, 2.45) is 0 Å². The molecule has 1 N–H and O–H groups in total. The fourth-order valence-corrected chi connectivity index (χ4v) is 6.81. The average molecular weight is 549 g/mol. The van der Waals surface area contributed by atoms with Gasteiger partial charge in [-0.05, 0) is 61.0 Å².